The van der Waals surface area contributed by atoms with Crippen molar-refractivity contribution in [1.29, 1.82) is 0 Å². The first-order chi connectivity index (χ1) is 15.3. The van der Waals surface area contributed by atoms with E-state index in [1.165, 1.54) is 24.7 Å². The molecule has 0 fully saturated rings. The molecule has 0 aliphatic rings. The predicted octanol–water partition coefficient (Wildman–Crippen LogP) is 3.63. The maximum absolute atomic E-state index is 14.8. The smallest absolute Gasteiger partial charge is 0.243 e. The van der Waals surface area contributed by atoms with Crippen molar-refractivity contribution in [1.82, 2.24) is 24.5 Å². The number of hydrogen-bond donors (Lipinski definition) is 3. The van der Waals surface area contributed by atoms with E-state index >= 15 is 0 Å². The number of aromatic amines is 1. The molecule has 0 bridgehead atoms. The third-order valence-electron chi connectivity index (χ3n) is 4.86. The Morgan fingerprint density at radius 2 is 1.97 bits per heavy atom. The van der Waals surface area contributed by atoms with Crippen LogP contribution in [0.1, 0.15) is 21.9 Å². The molecule has 11 heteroatoms. The van der Waals surface area contributed by atoms with Gasteiger partial charge < -0.3 is 19.6 Å². The molecule has 9 nitrogen and oxygen atoms in total. The van der Waals surface area contributed by atoms with Crippen LogP contribution in [0.25, 0.3) is 28.4 Å². The van der Waals surface area contributed by atoms with Crippen molar-refractivity contribution in [3.05, 3.63) is 71.6 Å². The summed E-state index contributed by atoms with van der Waals surface area (Å²) in [6.07, 6.45) is 2.74. The molecule has 0 aliphatic heterocycles. The fourth-order valence-corrected chi connectivity index (χ4v) is 3.41. The average Bonchev–Trinajstić information content (AvgIpc) is 3.46. The zero-order valence-corrected chi connectivity index (χ0v) is 16.3. The van der Waals surface area contributed by atoms with Crippen molar-refractivity contribution in [2.75, 3.05) is 0 Å². The second-order valence-electron chi connectivity index (χ2n) is 6.90. The lowest BCUT2D eigenvalue weighted by molar-refractivity contribution is 0.101. The van der Waals surface area contributed by atoms with Gasteiger partial charge in [-0.3, -0.25) is 4.79 Å². The van der Waals surface area contributed by atoms with Gasteiger partial charge in [0.2, 0.25) is 17.6 Å². The number of carbonyl (C=O) groups is 1. The first-order valence-electron chi connectivity index (χ1n) is 9.25. The van der Waals surface area contributed by atoms with Crippen molar-refractivity contribution in [3.63, 3.8) is 0 Å². The van der Waals surface area contributed by atoms with E-state index in [1.807, 2.05) is 0 Å². The molecule has 32 heavy (non-hydrogen) atoms. The predicted molar refractivity (Wildman–Crippen MR) is 107 cm³/mol. The SMILES string of the molecule is Cc1ccc(C(=O)c2c(O)c(O)n(-c3ncc4[nH]cnc4n3)c2-c2ccc(F)cc2F)o1. The van der Waals surface area contributed by atoms with Gasteiger partial charge in [0.05, 0.1) is 23.8 Å². The quantitative estimate of drug-likeness (QED) is 0.366. The number of nitrogens with zero attached hydrogens (tertiary/aromatic N) is 4. The highest BCUT2D eigenvalue weighted by Crippen LogP contribution is 2.44. The molecule has 5 aromatic rings. The number of furan rings is 1. The van der Waals surface area contributed by atoms with Crippen LogP contribution < -0.4 is 0 Å². The highest BCUT2D eigenvalue weighted by atomic mass is 19.1. The highest BCUT2D eigenvalue weighted by Gasteiger charge is 2.33. The summed E-state index contributed by atoms with van der Waals surface area (Å²) in [7, 11) is 0. The molecule has 4 aromatic heterocycles. The lowest BCUT2D eigenvalue weighted by atomic mass is 10.0. The number of rotatable bonds is 4. The molecule has 5 rings (SSSR count). The summed E-state index contributed by atoms with van der Waals surface area (Å²) >= 11 is 0. The summed E-state index contributed by atoms with van der Waals surface area (Å²) in [6, 6.07) is 5.58. The van der Waals surface area contributed by atoms with Crippen LogP contribution in [-0.4, -0.2) is 40.5 Å². The van der Waals surface area contributed by atoms with Gasteiger partial charge in [-0.2, -0.15) is 4.98 Å². The first-order valence-corrected chi connectivity index (χ1v) is 9.25. The number of fused-ring (bicyclic) bond motifs is 1. The normalized spacial score (nSPS) is 11.3. The molecule has 3 N–H and O–H groups in total. The van der Waals surface area contributed by atoms with E-state index in [2.05, 4.69) is 19.9 Å². The Morgan fingerprint density at radius 1 is 1.16 bits per heavy atom. The molecular weight excluding hydrogens is 424 g/mol. The van der Waals surface area contributed by atoms with Crippen molar-refractivity contribution in [2.24, 2.45) is 0 Å². The van der Waals surface area contributed by atoms with Crippen LogP contribution >= 0.6 is 0 Å². The Labute approximate surface area is 177 Å². The zero-order chi connectivity index (χ0) is 22.6. The van der Waals surface area contributed by atoms with Gasteiger partial charge in [-0.15, -0.1) is 0 Å². The number of aromatic hydroxyl groups is 2. The third kappa shape index (κ3) is 2.90. The topological polar surface area (TPSA) is 130 Å². The average molecular weight is 437 g/mol. The number of nitrogens with one attached hydrogen (secondary N) is 1. The highest BCUT2D eigenvalue weighted by molar-refractivity contribution is 6.14. The molecule has 0 radical (unpaired) electrons. The van der Waals surface area contributed by atoms with Gasteiger partial charge in [-0.25, -0.2) is 23.3 Å². The lowest BCUT2D eigenvalue weighted by Crippen LogP contribution is -2.07. The first kappa shape index (κ1) is 19.4. The van der Waals surface area contributed by atoms with E-state index in [1.54, 1.807) is 6.92 Å². The maximum Gasteiger partial charge on any atom is 0.243 e. The minimum atomic E-state index is -1.03. The van der Waals surface area contributed by atoms with Crippen LogP contribution in [0.2, 0.25) is 0 Å². The van der Waals surface area contributed by atoms with Crippen molar-refractivity contribution >= 4 is 16.9 Å². The van der Waals surface area contributed by atoms with Crippen molar-refractivity contribution < 1.29 is 28.2 Å². The molecule has 4 heterocycles. The number of H-pyrrole nitrogens is 1. The molecule has 0 saturated carbocycles. The molecule has 0 aliphatic carbocycles. The second kappa shape index (κ2) is 7.01. The lowest BCUT2D eigenvalue weighted by Gasteiger charge is -2.11. The van der Waals surface area contributed by atoms with Crippen molar-refractivity contribution in [2.45, 2.75) is 6.92 Å². The van der Waals surface area contributed by atoms with E-state index in [0.29, 0.717) is 17.3 Å². The van der Waals surface area contributed by atoms with Gasteiger partial charge in [-0.1, -0.05) is 0 Å². The summed E-state index contributed by atoms with van der Waals surface area (Å²) in [6.45, 7) is 1.62. The van der Waals surface area contributed by atoms with Gasteiger partial charge in [-0.05, 0) is 31.2 Å². The summed E-state index contributed by atoms with van der Waals surface area (Å²) in [5.74, 6) is -4.29. The standard InChI is InChI=1S/C21H13F2N5O4/c1-9-2-5-14(32-9)17(29)15-16(11-4-3-10(22)6-12(11)23)28(20(31)18(15)30)21-24-7-13-19(27-21)26-8-25-13/h2-8,30-31H,1H3,(H,24,25,26,27). The van der Waals surface area contributed by atoms with Crippen molar-refractivity contribution in [3.8, 4) is 28.8 Å². The molecule has 1 aromatic carbocycles. The Kier molecular flexibility index (Phi) is 4.26. The molecule has 160 valence electrons. The monoisotopic (exact) mass is 437 g/mol. The Balaban J connectivity index is 1.84. The molecule has 0 saturated heterocycles. The van der Waals surface area contributed by atoms with E-state index in [9.17, 15) is 23.8 Å². The summed E-state index contributed by atoms with van der Waals surface area (Å²) in [4.78, 5) is 28.3. The zero-order valence-electron chi connectivity index (χ0n) is 16.3. The fraction of sp³-hybridized carbons (Fsp3) is 0.0476. The number of benzene rings is 1. The molecular formula is C21H13F2N5O4. The summed E-state index contributed by atoms with van der Waals surface area (Å²) < 4.78 is 34.6. The number of imidazole rings is 1. The Bertz CT molecular complexity index is 1520. The Hall–Kier alpha value is -4.54. The number of carbonyl (C=O) groups excluding carboxylic acids is 1. The van der Waals surface area contributed by atoms with E-state index in [4.69, 9.17) is 4.42 Å². The van der Waals surface area contributed by atoms with Crippen LogP contribution in [0.3, 0.4) is 0 Å². The summed E-state index contributed by atoms with van der Waals surface area (Å²) in [5.41, 5.74) is -0.317. The fourth-order valence-electron chi connectivity index (χ4n) is 3.41. The van der Waals surface area contributed by atoms with Crippen LogP contribution in [0, 0.1) is 18.6 Å². The molecule has 0 amide bonds. The second-order valence-corrected chi connectivity index (χ2v) is 6.90. The molecule has 0 unspecified atom stereocenters. The molecule has 0 atom stereocenters. The number of halogens is 2. The van der Waals surface area contributed by atoms with Gasteiger partial charge in [0.25, 0.3) is 0 Å². The molecule has 0 spiro atoms. The van der Waals surface area contributed by atoms with E-state index in [0.717, 1.165) is 16.7 Å². The number of hydrogen-bond acceptors (Lipinski definition) is 7. The Morgan fingerprint density at radius 3 is 2.69 bits per heavy atom. The number of aromatic nitrogens is 5. The van der Waals surface area contributed by atoms with Gasteiger partial charge in [0.15, 0.2) is 17.2 Å². The number of ketones is 1. The van der Waals surface area contributed by atoms with Gasteiger partial charge >= 0.3 is 0 Å². The number of aryl methyl sites for hydroxylation is 1. The van der Waals surface area contributed by atoms with Gasteiger partial charge in [0, 0.05) is 11.6 Å². The third-order valence-corrected chi connectivity index (χ3v) is 4.86. The minimum Gasteiger partial charge on any atom is -0.503 e. The van der Waals surface area contributed by atoms with Crippen LogP contribution in [-0.2, 0) is 0 Å². The van der Waals surface area contributed by atoms with E-state index in [-0.39, 0.29) is 28.6 Å². The summed E-state index contributed by atoms with van der Waals surface area (Å²) in [5, 5.41) is 21.4. The van der Waals surface area contributed by atoms with Crippen LogP contribution in [0.15, 0.2) is 47.3 Å². The minimum absolute atomic E-state index is 0.151. The van der Waals surface area contributed by atoms with E-state index < -0.39 is 34.6 Å². The maximum atomic E-state index is 14.8. The van der Waals surface area contributed by atoms with Crippen LogP contribution in [0.4, 0.5) is 8.78 Å². The largest absolute Gasteiger partial charge is 0.503 e. The van der Waals surface area contributed by atoms with Gasteiger partial charge in [0.1, 0.15) is 22.9 Å². The van der Waals surface area contributed by atoms with Crippen LogP contribution in [0.5, 0.6) is 11.6 Å².